The van der Waals surface area contributed by atoms with Gasteiger partial charge in [-0.3, -0.25) is 0 Å². The smallest absolute Gasteiger partial charge is 0.335 e. The number of halogens is 1. The average molecular weight is 300 g/mol. The van der Waals surface area contributed by atoms with Gasteiger partial charge in [0.2, 0.25) is 0 Å². The van der Waals surface area contributed by atoms with Crippen LogP contribution in [0.2, 0.25) is 0 Å². The van der Waals surface area contributed by atoms with Gasteiger partial charge in [-0.05, 0) is 24.1 Å². The minimum atomic E-state index is -0.906. The van der Waals surface area contributed by atoms with E-state index in [0.29, 0.717) is 11.5 Å². The second-order valence-electron chi connectivity index (χ2n) is 4.10. The summed E-state index contributed by atoms with van der Waals surface area (Å²) in [5.41, 5.74) is 1.15. The number of carbonyl (C=O) groups is 1. The van der Waals surface area contributed by atoms with E-state index in [1.807, 2.05) is 6.07 Å². The van der Waals surface area contributed by atoms with E-state index in [0.717, 1.165) is 29.5 Å². The lowest BCUT2D eigenvalue weighted by molar-refractivity contribution is 0.0697. The molecule has 0 heterocycles. The molecule has 0 saturated heterocycles. The van der Waals surface area contributed by atoms with Gasteiger partial charge in [0, 0.05) is 16.7 Å². The lowest BCUT2D eigenvalue weighted by atomic mass is 10.0. The first kappa shape index (κ1) is 14.0. The van der Waals surface area contributed by atoms with Gasteiger partial charge < -0.3 is 10.4 Å². The maximum atomic E-state index is 10.9. The van der Waals surface area contributed by atoms with Gasteiger partial charge >= 0.3 is 5.97 Å². The number of rotatable bonds is 6. The quantitative estimate of drug-likeness (QED) is 0.835. The number of nitrogens with one attached hydrogen (secondary N) is 1. The minimum absolute atomic E-state index is 0.298. The summed E-state index contributed by atoms with van der Waals surface area (Å²) < 4.78 is 0.782. The summed E-state index contributed by atoms with van der Waals surface area (Å²) in [6.07, 6.45) is 2.26. The van der Waals surface area contributed by atoms with Crippen LogP contribution in [0.4, 0.5) is 5.69 Å². The predicted molar refractivity (Wildman–Crippen MR) is 73.7 cm³/mol. The van der Waals surface area contributed by atoms with Crippen molar-refractivity contribution in [3.05, 3.63) is 28.2 Å². The molecule has 94 valence electrons. The van der Waals surface area contributed by atoms with Crippen LogP contribution < -0.4 is 5.32 Å². The molecule has 0 aliphatic rings. The number of benzene rings is 1. The minimum Gasteiger partial charge on any atom is -0.478 e. The monoisotopic (exact) mass is 299 g/mol. The molecule has 0 amide bonds. The summed E-state index contributed by atoms with van der Waals surface area (Å²) in [5, 5.41) is 12.2. The molecule has 0 unspecified atom stereocenters. The molecular weight excluding hydrogens is 282 g/mol. The van der Waals surface area contributed by atoms with Crippen molar-refractivity contribution in [1.29, 1.82) is 0 Å². The van der Waals surface area contributed by atoms with Crippen molar-refractivity contribution in [1.82, 2.24) is 0 Å². The van der Waals surface area contributed by atoms with Gasteiger partial charge in [0.15, 0.2) is 0 Å². The molecule has 0 saturated carbocycles. The molecule has 1 rings (SSSR count). The highest BCUT2D eigenvalue weighted by atomic mass is 79.9. The molecule has 0 spiro atoms. The summed E-state index contributed by atoms with van der Waals surface area (Å²) in [6, 6.07) is 5.16. The third-order valence-corrected chi connectivity index (χ3v) is 3.35. The number of aromatic carboxylic acids is 1. The van der Waals surface area contributed by atoms with E-state index >= 15 is 0 Å². The number of carboxylic acid groups (broad SMARTS) is 1. The van der Waals surface area contributed by atoms with Gasteiger partial charge in [0.05, 0.1) is 5.56 Å². The van der Waals surface area contributed by atoms with E-state index in [2.05, 4.69) is 35.1 Å². The van der Waals surface area contributed by atoms with Crippen molar-refractivity contribution >= 4 is 27.6 Å². The molecule has 3 nitrogen and oxygen atoms in total. The Morgan fingerprint density at radius 1 is 1.35 bits per heavy atom. The number of hydrogen-bond acceptors (Lipinski definition) is 2. The lowest BCUT2D eigenvalue weighted by Gasteiger charge is -2.14. The lowest BCUT2D eigenvalue weighted by Crippen LogP contribution is -2.13. The highest BCUT2D eigenvalue weighted by Crippen LogP contribution is 2.20. The Kier molecular flexibility index (Phi) is 5.48. The second-order valence-corrected chi connectivity index (χ2v) is 5.01. The largest absolute Gasteiger partial charge is 0.478 e. The van der Waals surface area contributed by atoms with Gasteiger partial charge in [0.1, 0.15) is 0 Å². The van der Waals surface area contributed by atoms with E-state index < -0.39 is 5.97 Å². The standard InChI is InChI=1S/C13H18BrNO2/c1-3-9(4-2)8-15-12-6-10(13(16)17)5-11(14)7-12/h5-7,9,15H,3-4,8H2,1-2H3,(H,16,17). The van der Waals surface area contributed by atoms with E-state index in [1.165, 1.54) is 0 Å². The van der Waals surface area contributed by atoms with E-state index in [1.54, 1.807) is 12.1 Å². The topological polar surface area (TPSA) is 49.3 Å². The van der Waals surface area contributed by atoms with Gasteiger partial charge in [0.25, 0.3) is 0 Å². The molecule has 0 radical (unpaired) electrons. The van der Waals surface area contributed by atoms with Crippen LogP contribution in [0.25, 0.3) is 0 Å². The third kappa shape index (κ3) is 4.38. The zero-order chi connectivity index (χ0) is 12.8. The van der Waals surface area contributed by atoms with Crippen molar-refractivity contribution in [2.45, 2.75) is 26.7 Å². The molecule has 0 aliphatic carbocycles. The SMILES string of the molecule is CCC(CC)CNc1cc(Br)cc(C(=O)O)c1. The van der Waals surface area contributed by atoms with Crippen molar-refractivity contribution < 1.29 is 9.90 Å². The Labute approximate surface area is 110 Å². The van der Waals surface area contributed by atoms with Gasteiger partial charge in [-0.2, -0.15) is 0 Å². The highest BCUT2D eigenvalue weighted by Gasteiger charge is 2.07. The number of anilines is 1. The second kappa shape index (κ2) is 6.64. The van der Waals surface area contributed by atoms with Crippen molar-refractivity contribution in [3.8, 4) is 0 Å². The summed E-state index contributed by atoms with van der Waals surface area (Å²) in [4.78, 5) is 10.9. The van der Waals surface area contributed by atoms with Gasteiger partial charge in [-0.25, -0.2) is 4.79 Å². The van der Waals surface area contributed by atoms with Crippen LogP contribution in [0, 0.1) is 5.92 Å². The molecule has 2 N–H and O–H groups in total. The van der Waals surface area contributed by atoms with Crippen LogP contribution in [0.1, 0.15) is 37.0 Å². The molecule has 0 atom stereocenters. The van der Waals surface area contributed by atoms with Crippen molar-refractivity contribution in [2.24, 2.45) is 5.92 Å². The molecule has 1 aromatic carbocycles. The van der Waals surface area contributed by atoms with Crippen LogP contribution in [-0.4, -0.2) is 17.6 Å². The number of hydrogen-bond donors (Lipinski definition) is 2. The molecule has 0 aromatic heterocycles. The fourth-order valence-corrected chi connectivity index (χ4v) is 2.15. The van der Waals surface area contributed by atoms with Crippen LogP contribution in [0.3, 0.4) is 0 Å². The highest BCUT2D eigenvalue weighted by molar-refractivity contribution is 9.10. The van der Waals surface area contributed by atoms with Gasteiger partial charge in [-0.1, -0.05) is 42.6 Å². The maximum Gasteiger partial charge on any atom is 0.335 e. The predicted octanol–water partition coefficient (Wildman–Crippen LogP) is 4.00. The molecule has 0 aliphatic heterocycles. The van der Waals surface area contributed by atoms with E-state index in [-0.39, 0.29) is 0 Å². The zero-order valence-electron chi connectivity index (χ0n) is 10.2. The van der Waals surface area contributed by atoms with Crippen molar-refractivity contribution in [2.75, 3.05) is 11.9 Å². The summed E-state index contributed by atoms with van der Waals surface area (Å²) in [5.74, 6) is -0.279. The normalized spacial score (nSPS) is 10.6. The zero-order valence-corrected chi connectivity index (χ0v) is 11.8. The Hall–Kier alpha value is -1.03. The molecule has 4 heteroatoms. The van der Waals surface area contributed by atoms with Crippen LogP contribution >= 0.6 is 15.9 Å². The first-order valence-corrected chi connectivity index (χ1v) is 6.63. The van der Waals surface area contributed by atoms with Crippen LogP contribution in [0.5, 0.6) is 0 Å². The molecule has 17 heavy (non-hydrogen) atoms. The Bertz CT molecular complexity index is 389. The summed E-state index contributed by atoms with van der Waals surface area (Å²) in [6.45, 7) is 5.21. The number of carboxylic acids is 1. The fourth-order valence-electron chi connectivity index (χ4n) is 1.65. The molecular formula is C13H18BrNO2. The Morgan fingerprint density at radius 2 is 2.00 bits per heavy atom. The van der Waals surface area contributed by atoms with Gasteiger partial charge in [-0.15, -0.1) is 0 Å². The summed E-state index contributed by atoms with van der Waals surface area (Å²) in [7, 11) is 0. The Balaban J connectivity index is 2.74. The van der Waals surface area contributed by atoms with E-state index in [4.69, 9.17) is 5.11 Å². The first-order valence-electron chi connectivity index (χ1n) is 5.84. The maximum absolute atomic E-state index is 10.9. The third-order valence-electron chi connectivity index (χ3n) is 2.89. The fraction of sp³-hybridized carbons (Fsp3) is 0.462. The molecule has 0 fully saturated rings. The molecule has 0 bridgehead atoms. The summed E-state index contributed by atoms with van der Waals surface area (Å²) >= 11 is 3.32. The Morgan fingerprint density at radius 3 is 2.53 bits per heavy atom. The molecule has 1 aromatic rings. The first-order chi connectivity index (χ1) is 8.06. The van der Waals surface area contributed by atoms with Crippen LogP contribution in [-0.2, 0) is 0 Å². The van der Waals surface area contributed by atoms with Crippen molar-refractivity contribution in [3.63, 3.8) is 0 Å². The van der Waals surface area contributed by atoms with Crippen LogP contribution in [0.15, 0.2) is 22.7 Å². The average Bonchev–Trinajstić information content (AvgIpc) is 2.29. The van der Waals surface area contributed by atoms with E-state index in [9.17, 15) is 4.79 Å².